The summed E-state index contributed by atoms with van der Waals surface area (Å²) >= 11 is 2.82. The lowest BCUT2D eigenvalue weighted by molar-refractivity contribution is -0.139. The molecule has 0 unspecified atom stereocenters. The molecule has 1 N–H and O–H groups in total. The van der Waals surface area contributed by atoms with E-state index >= 15 is 0 Å². The first-order valence-corrected chi connectivity index (χ1v) is 14.1. The Balaban J connectivity index is 1.59. The average molecular weight is 561 g/mol. The van der Waals surface area contributed by atoms with E-state index in [2.05, 4.69) is 4.99 Å². The number of fused-ring (bicyclic) bond motifs is 1. The second kappa shape index (κ2) is 10.9. The minimum atomic E-state index is -1.00. The first kappa shape index (κ1) is 26.5. The zero-order valence-corrected chi connectivity index (χ0v) is 23.0. The predicted octanol–water partition coefficient (Wildman–Crippen LogP) is 4.48. The fourth-order valence-electron chi connectivity index (χ4n) is 4.38. The number of ether oxygens (including phenoxy) is 1. The molecule has 10 heteroatoms. The van der Waals surface area contributed by atoms with Gasteiger partial charge in [-0.25, -0.2) is 14.6 Å². The normalized spacial score (nSPS) is 15.2. The molecule has 0 radical (unpaired) electrons. The molecular weight excluding hydrogens is 536 g/mol. The van der Waals surface area contributed by atoms with Crippen molar-refractivity contribution in [3.8, 4) is 11.3 Å². The van der Waals surface area contributed by atoms with Crippen LogP contribution >= 0.6 is 23.1 Å². The lowest BCUT2D eigenvalue weighted by Gasteiger charge is -2.24. The molecule has 5 rings (SSSR count). The highest BCUT2D eigenvalue weighted by Gasteiger charge is 2.33. The van der Waals surface area contributed by atoms with Crippen LogP contribution in [0.25, 0.3) is 17.4 Å². The molecule has 0 saturated heterocycles. The van der Waals surface area contributed by atoms with Crippen LogP contribution in [0.3, 0.4) is 0 Å². The standard InChI is InChI=1S/C29H24N2O6S2/c1-4-36-28(35)24-16(2)30-29-31(25(24)18-9-12-21(38-3)13-10-18)26(32)23(39-29)15-20-11-14-22(37-20)17-5-7-19(8-6-17)27(33)34/h5-15,25H,4H2,1-3H3,(H,33,34)/t25-/m1/s1. The number of aromatic nitrogens is 1. The lowest BCUT2D eigenvalue weighted by atomic mass is 9.96. The Kier molecular flexibility index (Phi) is 7.40. The number of carboxylic acid groups (broad SMARTS) is 1. The number of thioether (sulfide) groups is 1. The van der Waals surface area contributed by atoms with Gasteiger partial charge < -0.3 is 14.3 Å². The van der Waals surface area contributed by atoms with Gasteiger partial charge >= 0.3 is 11.9 Å². The van der Waals surface area contributed by atoms with Gasteiger partial charge in [0.2, 0.25) is 0 Å². The van der Waals surface area contributed by atoms with Crippen molar-refractivity contribution in [2.75, 3.05) is 12.9 Å². The number of esters is 1. The summed E-state index contributed by atoms with van der Waals surface area (Å²) in [5, 5.41) is 9.12. The largest absolute Gasteiger partial charge is 0.478 e. The van der Waals surface area contributed by atoms with E-state index in [0.717, 1.165) is 10.5 Å². The van der Waals surface area contributed by atoms with Crippen molar-refractivity contribution in [3.63, 3.8) is 0 Å². The molecule has 198 valence electrons. The van der Waals surface area contributed by atoms with Crippen molar-refractivity contribution < 1.29 is 23.8 Å². The van der Waals surface area contributed by atoms with Gasteiger partial charge in [-0.2, -0.15) is 0 Å². The second-order valence-corrected chi connectivity index (χ2v) is 10.5. The van der Waals surface area contributed by atoms with Gasteiger partial charge in [0.25, 0.3) is 5.56 Å². The Bertz CT molecular complexity index is 1780. The number of carbonyl (C=O) groups is 2. The van der Waals surface area contributed by atoms with Crippen LogP contribution in [0.1, 0.15) is 41.6 Å². The maximum Gasteiger partial charge on any atom is 0.338 e. The van der Waals surface area contributed by atoms with E-state index in [1.807, 2.05) is 30.5 Å². The van der Waals surface area contributed by atoms with Crippen LogP contribution in [0, 0.1) is 0 Å². The highest BCUT2D eigenvalue weighted by molar-refractivity contribution is 7.98. The minimum Gasteiger partial charge on any atom is -0.478 e. The smallest absolute Gasteiger partial charge is 0.338 e. The van der Waals surface area contributed by atoms with Gasteiger partial charge in [0.1, 0.15) is 11.5 Å². The van der Waals surface area contributed by atoms with E-state index in [1.54, 1.807) is 60.5 Å². The first-order chi connectivity index (χ1) is 18.8. The third-order valence-corrected chi connectivity index (χ3v) is 7.99. The van der Waals surface area contributed by atoms with Crippen LogP contribution in [0.2, 0.25) is 0 Å². The Morgan fingerprint density at radius 3 is 2.49 bits per heavy atom. The lowest BCUT2D eigenvalue weighted by Crippen LogP contribution is -2.39. The van der Waals surface area contributed by atoms with Crippen LogP contribution in [0.15, 0.2) is 91.0 Å². The molecule has 1 atom stereocenters. The number of aromatic carboxylic acids is 1. The van der Waals surface area contributed by atoms with Gasteiger partial charge in [-0.1, -0.05) is 35.6 Å². The van der Waals surface area contributed by atoms with Gasteiger partial charge in [-0.05, 0) is 62.1 Å². The zero-order valence-electron chi connectivity index (χ0n) is 21.3. The van der Waals surface area contributed by atoms with Crippen molar-refractivity contribution in [1.29, 1.82) is 0 Å². The molecule has 1 aliphatic rings. The van der Waals surface area contributed by atoms with E-state index in [-0.39, 0.29) is 17.7 Å². The van der Waals surface area contributed by atoms with Gasteiger partial charge in [-0.15, -0.1) is 11.8 Å². The molecule has 0 saturated carbocycles. The number of rotatable bonds is 7. The average Bonchev–Trinajstić information content (AvgIpc) is 3.52. The highest BCUT2D eigenvalue weighted by atomic mass is 32.2. The molecule has 2 aromatic heterocycles. The number of nitrogens with zero attached hydrogens (tertiary/aromatic N) is 2. The van der Waals surface area contributed by atoms with E-state index in [0.29, 0.717) is 37.7 Å². The number of benzene rings is 2. The van der Waals surface area contributed by atoms with Crippen molar-refractivity contribution in [1.82, 2.24) is 4.57 Å². The second-order valence-electron chi connectivity index (χ2n) is 8.66. The van der Waals surface area contributed by atoms with Crippen molar-refractivity contribution >= 4 is 41.1 Å². The summed E-state index contributed by atoms with van der Waals surface area (Å²) in [6, 6.07) is 16.9. The topological polar surface area (TPSA) is 111 Å². The van der Waals surface area contributed by atoms with E-state index in [1.165, 1.54) is 23.5 Å². The molecule has 2 aromatic carbocycles. The number of furan rings is 1. The summed E-state index contributed by atoms with van der Waals surface area (Å²) in [5.74, 6) is -0.508. The fraction of sp³-hybridized carbons (Fsp3) is 0.172. The maximum absolute atomic E-state index is 13.7. The Labute approximate surface area is 231 Å². The highest BCUT2D eigenvalue weighted by Crippen LogP contribution is 2.31. The molecule has 0 fully saturated rings. The zero-order chi connectivity index (χ0) is 27.7. The minimum absolute atomic E-state index is 0.182. The molecular formula is C29H24N2O6S2. The summed E-state index contributed by atoms with van der Waals surface area (Å²) in [7, 11) is 0. The molecule has 0 bridgehead atoms. The number of thiazole rings is 1. The molecule has 1 aliphatic heterocycles. The molecule has 39 heavy (non-hydrogen) atoms. The summed E-state index contributed by atoms with van der Waals surface area (Å²) in [6.07, 6.45) is 3.63. The van der Waals surface area contributed by atoms with Gasteiger partial charge in [0.05, 0.1) is 34.0 Å². The van der Waals surface area contributed by atoms with Crippen molar-refractivity contribution in [2.45, 2.75) is 24.8 Å². The maximum atomic E-state index is 13.7. The Morgan fingerprint density at radius 2 is 1.85 bits per heavy atom. The number of hydrogen-bond acceptors (Lipinski definition) is 8. The monoisotopic (exact) mass is 560 g/mol. The van der Waals surface area contributed by atoms with Crippen LogP contribution in [-0.2, 0) is 9.53 Å². The van der Waals surface area contributed by atoms with E-state index in [9.17, 15) is 14.4 Å². The van der Waals surface area contributed by atoms with Gasteiger partial charge in [0, 0.05) is 16.5 Å². The van der Waals surface area contributed by atoms with Crippen LogP contribution < -0.4 is 14.9 Å². The quantitative estimate of drug-likeness (QED) is 0.262. The molecule has 0 spiro atoms. The predicted molar refractivity (Wildman–Crippen MR) is 150 cm³/mol. The Hall–Kier alpha value is -4.15. The number of carboxylic acids is 1. The number of carbonyl (C=O) groups excluding carboxylic acids is 1. The van der Waals surface area contributed by atoms with Gasteiger partial charge in [-0.3, -0.25) is 9.36 Å². The molecule has 4 aromatic rings. The summed E-state index contributed by atoms with van der Waals surface area (Å²) in [6.45, 7) is 3.70. The molecule has 3 heterocycles. The molecule has 8 nitrogen and oxygen atoms in total. The van der Waals surface area contributed by atoms with Crippen molar-refractivity contribution in [3.05, 3.63) is 109 Å². The summed E-state index contributed by atoms with van der Waals surface area (Å²) in [5.41, 5.74) is 2.22. The van der Waals surface area contributed by atoms with Gasteiger partial charge in [0.15, 0.2) is 4.80 Å². The van der Waals surface area contributed by atoms with Crippen LogP contribution in [0.4, 0.5) is 0 Å². The van der Waals surface area contributed by atoms with E-state index < -0.39 is 18.0 Å². The third kappa shape index (κ3) is 5.13. The summed E-state index contributed by atoms with van der Waals surface area (Å²) in [4.78, 5) is 44.0. The van der Waals surface area contributed by atoms with Crippen molar-refractivity contribution in [2.24, 2.45) is 4.99 Å². The van der Waals surface area contributed by atoms with E-state index in [4.69, 9.17) is 14.3 Å². The van der Waals surface area contributed by atoms with Crippen LogP contribution in [-0.4, -0.2) is 34.5 Å². The molecule has 0 amide bonds. The fourth-order valence-corrected chi connectivity index (χ4v) is 5.82. The first-order valence-electron chi connectivity index (χ1n) is 12.1. The SMILES string of the molecule is CCOC(=O)C1=C(C)N=c2sc(=Cc3ccc(-c4ccc(C(=O)O)cc4)o3)c(=O)n2[C@@H]1c1ccc(SC)cc1. The molecule has 0 aliphatic carbocycles. The van der Waals surface area contributed by atoms with Crippen LogP contribution in [0.5, 0.6) is 0 Å². The Morgan fingerprint density at radius 1 is 1.13 bits per heavy atom. The summed E-state index contributed by atoms with van der Waals surface area (Å²) < 4.78 is 13.2. The number of hydrogen-bond donors (Lipinski definition) is 1. The third-order valence-electron chi connectivity index (χ3n) is 6.27. The number of allylic oxidation sites excluding steroid dienone is 1.